The van der Waals surface area contributed by atoms with Crippen molar-refractivity contribution in [2.75, 3.05) is 0 Å². The number of hydrogen-bond donors (Lipinski definition) is 1. The van der Waals surface area contributed by atoms with E-state index in [9.17, 15) is 4.79 Å². The first-order valence-electron chi connectivity index (χ1n) is 6.00. The number of aryl methyl sites for hydroxylation is 1. The summed E-state index contributed by atoms with van der Waals surface area (Å²) < 4.78 is 9.89. The van der Waals surface area contributed by atoms with Crippen LogP contribution < -0.4 is 16.1 Å². The second-order valence-corrected chi connectivity index (χ2v) is 3.97. The fourth-order valence-electron chi connectivity index (χ4n) is 1.70. The van der Waals surface area contributed by atoms with Crippen LogP contribution in [0.5, 0.6) is 5.75 Å². The summed E-state index contributed by atoms with van der Waals surface area (Å²) in [5.74, 6) is 1.81. The third-order valence-electron chi connectivity index (χ3n) is 2.65. The third-order valence-corrected chi connectivity index (χ3v) is 2.65. The molecule has 1 aliphatic heterocycles. The van der Waals surface area contributed by atoms with Gasteiger partial charge in [0.05, 0.1) is 6.26 Å². The molecule has 2 aromatic rings. The molecule has 19 heavy (non-hydrogen) atoms. The van der Waals surface area contributed by atoms with Crippen LogP contribution in [0.15, 0.2) is 69.9 Å². The van der Waals surface area contributed by atoms with Crippen LogP contribution >= 0.6 is 0 Å². The highest BCUT2D eigenvalue weighted by Crippen LogP contribution is 2.28. The monoisotopic (exact) mass is 257 g/mol. The van der Waals surface area contributed by atoms with Crippen LogP contribution in [0.2, 0.25) is 0 Å². The van der Waals surface area contributed by atoms with E-state index in [0.29, 0.717) is 0 Å². The predicted molar refractivity (Wildman–Crippen MR) is 72.6 cm³/mol. The van der Waals surface area contributed by atoms with E-state index in [1.807, 2.05) is 18.2 Å². The van der Waals surface area contributed by atoms with E-state index in [1.165, 1.54) is 24.1 Å². The van der Waals surface area contributed by atoms with E-state index in [4.69, 9.17) is 10.5 Å². The standard InChI is InChI=1S/C10H11NO.C5H4O2/c11-7-9-6-5-8-3-1-2-4-10(8)12-9;6-5-3-1-2-4-7-5/h1-4,7H,5-6,11H2;1-4H. The van der Waals surface area contributed by atoms with Gasteiger partial charge in [0.15, 0.2) is 0 Å². The SMILES string of the molecule is NC=C1CCc2ccccc2O1.O=c1cccco1. The predicted octanol–water partition coefficient (Wildman–Crippen LogP) is 2.45. The van der Waals surface area contributed by atoms with Crippen LogP contribution in [0.3, 0.4) is 0 Å². The molecule has 3 rings (SSSR count). The van der Waals surface area contributed by atoms with E-state index >= 15 is 0 Å². The second-order valence-electron chi connectivity index (χ2n) is 3.97. The lowest BCUT2D eigenvalue weighted by atomic mass is 10.1. The highest BCUT2D eigenvalue weighted by molar-refractivity contribution is 5.37. The van der Waals surface area contributed by atoms with Crippen molar-refractivity contribution in [3.63, 3.8) is 0 Å². The van der Waals surface area contributed by atoms with Crippen molar-refractivity contribution < 1.29 is 9.15 Å². The summed E-state index contributed by atoms with van der Waals surface area (Å²) in [5.41, 5.74) is 6.34. The topological polar surface area (TPSA) is 65.5 Å². The van der Waals surface area contributed by atoms with Crippen molar-refractivity contribution >= 4 is 0 Å². The van der Waals surface area contributed by atoms with Gasteiger partial charge < -0.3 is 14.9 Å². The van der Waals surface area contributed by atoms with Crippen molar-refractivity contribution in [2.24, 2.45) is 5.73 Å². The maximum absolute atomic E-state index is 10.1. The Morgan fingerprint density at radius 3 is 2.47 bits per heavy atom. The minimum atomic E-state index is -0.303. The molecule has 0 aliphatic carbocycles. The molecule has 1 aromatic carbocycles. The minimum absolute atomic E-state index is 0.303. The Balaban J connectivity index is 0.000000163. The highest BCUT2D eigenvalue weighted by Gasteiger charge is 2.12. The number of allylic oxidation sites excluding steroid dienone is 1. The van der Waals surface area contributed by atoms with Gasteiger partial charge in [-0.3, -0.25) is 0 Å². The average Bonchev–Trinajstić information content (AvgIpc) is 2.48. The van der Waals surface area contributed by atoms with E-state index in [0.717, 1.165) is 24.4 Å². The van der Waals surface area contributed by atoms with E-state index in [2.05, 4.69) is 10.5 Å². The molecule has 98 valence electrons. The Labute approximate surface area is 111 Å². The number of hydrogen-bond acceptors (Lipinski definition) is 4. The van der Waals surface area contributed by atoms with Gasteiger partial charge in [0.1, 0.15) is 11.5 Å². The zero-order valence-electron chi connectivity index (χ0n) is 10.4. The molecule has 0 bridgehead atoms. The fourth-order valence-corrected chi connectivity index (χ4v) is 1.70. The summed E-state index contributed by atoms with van der Waals surface area (Å²) in [4.78, 5) is 10.1. The summed E-state index contributed by atoms with van der Waals surface area (Å²) in [6.45, 7) is 0. The summed E-state index contributed by atoms with van der Waals surface area (Å²) >= 11 is 0. The van der Waals surface area contributed by atoms with Gasteiger partial charge >= 0.3 is 5.63 Å². The maximum Gasteiger partial charge on any atom is 0.335 e. The zero-order valence-corrected chi connectivity index (χ0v) is 10.4. The van der Waals surface area contributed by atoms with E-state index in [-0.39, 0.29) is 5.63 Å². The number of ether oxygens (including phenoxy) is 1. The first kappa shape index (κ1) is 13.0. The molecule has 0 spiro atoms. The van der Waals surface area contributed by atoms with Gasteiger partial charge in [-0.2, -0.15) is 0 Å². The van der Waals surface area contributed by atoms with E-state index in [1.54, 1.807) is 12.1 Å². The highest BCUT2D eigenvalue weighted by atomic mass is 16.5. The second kappa shape index (κ2) is 6.44. The largest absolute Gasteiger partial charge is 0.460 e. The molecule has 4 nitrogen and oxygen atoms in total. The molecule has 0 amide bonds. The first-order valence-corrected chi connectivity index (χ1v) is 6.00. The quantitative estimate of drug-likeness (QED) is 0.787. The van der Waals surface area contributed by atoms with Crippen molar-refractivity contribution in [1.82, 2.24) is 0 Å². The first-order chi connectivity index (χ1) is 9.29. The molecule has 0 unspecified atom stereocenters. The molecular formula is C15H15NO3. The molecule has 0 saturated carbocycles. The molecule has 2 heterocycles. The average molecular weight is 257 g/mol. The molecule has 4 heteroatoms. The molecule has 0 radical (unpaired) electrons. The lowest BCUT2D eigenvalue weighted by Gasteiger charge is -2.18. The maximum atomic E-state index is 10.1. The van der Waals surface area contributed by atoms with E-state index < -0.39 is 0 Å². The number of fused-ring (bicyclic) bond motifs is 1. The lowest BCUT2D eigenvalue weighted by Crippen LogP contribution is -2.07. The normalized spacial score (nSPS) is 14.8. The summed E-state index contributed by atoms with van der Waals surface area (Å²) in [6.07, 6.45) is 4.82. The van der Waals surface area contributed by atoms with Gasteiger partial charge in [-0.25, -0.2) is 4.79 Å². The van der Waals surface area contributed by atoms with Gasteiger partial charge in [0, 0.05) is 18.7 Å². The van der Waals surface area contributed by atoms with Gasteiger partial charge in [-0.1, -0.05) is 24.3 Å². The fraction of sp³-hybridized carbons (Fsp3) is 0.133. The molecule has 1 aliphatic rings. The Bertz CT molecular complexity index is 599. The van der Waals surface area contributed by atoms with Crippen molar-refractivity contribution in [1.29, 1.82) is 0 Å². The lowest BCUT2D eigenvalue weighted by molar-refractivity contribution is 0.377. The van der Waals surface area contributed by atoms with Crippen molar-refractivity contribution in [3.05, 3.63) is 76.7 Å². The molecule has 1 aromatic heterocycles. The van der Waals surface area contributed by atoms with Crippen molar-refractivity contribution in [3.8, 4) is 5.75 Å². The van der Waals surface area contributed by atoms with Crippen LogP contribution in [-0.2, 0) is 6.42 Å². The number of rotatable bonds is 0. The van der Waals surface area contributed by atoms with Crippen molar-refractivity contribution in [2.45, 2.75) is 12.8 Å². The van der Waals surface area contributed by atoms with Crippen LogP contribution in [0.1, 0.15) is 12.0 Å². The summed E-state index contributed by atoms with van der Waals surface area (Å²) in [7, 11) is 0. The number of nitrogens with two attached hydrogens (primary N) is 1. The molecule has 0 fully saturated rings. The van der Waals surface area contributed by atoms with Crippen LogP contribution in [-0.4, -0.2) is 0 Å². The molecule has 0 atom stereocenters. The van der Waals surface area contributed by atoms with Gasteiger partial charge in [0.25, 0.3) is 0 Å². The molecular weight excluding hydrogens is 242 g/mol. The van der Waals surface area contributed by atoms with Crippen LogP contribution in [0.4, 0.5) is 0 Å². The van der Waals surface area contributed by atoms with Crippen LogP contribution in [0.25, 0.3) is 0 Å². The summed E-state index contributed by atoms with van der Waals surface area (Å²) in [5, 5.41) is 0. The van der Waals surface area contributed by atoms with Gasteiger partial charge in [0.2, 0.25) is 0 Å². The Kier molecular flexibility index (Phi) is 4.39. The Morgan fingerprint density at radius 2 is 1.84 bits per heavy atom. The smallest absolute Gasteiger partial charge is 0.335 e. The van der Waals surface area contributed by atoms with Gasteiger partial charge in [-0.05, 0) is 24.1 Å². The van der Waals surface area contributed by atoms with Gasteiger partial charge in [-0.15, -0.1) is 0 Å². The number of benzene rings is 1. The summed E-state index contributed by atoms with van der Waals surface area (Å²) in [6, 6.07) is 12.7. The van der Waals surface area contributed by atoms with Crippen LogP contribution in [0, 0.1) is 0 Å². The Hall–Kier alpha value is -2.49. The zero-order chi connectivity index (χ0) is 13.5. The third kappa shape index (κ3) is 3.74. The Morgan fingerprint density at radius 1 is 1.05 bits per heavy atom. The molecule has 0 saturated heterocycles. The minimum Gasteiger partial charge on any atom is -0.460 e. The number of para-hydroxylation sites is 1. The molecule has 2 N–H and O–H groups in total.